The molecule has 1 aromatic heterocycles. The van der Waals surface area contributed by atoms with Crippen LogP contribution in [0.2, 0.25) is 0 Å². The highest BCUT2D eigenvalue weighted by Crippen LogP contribution is 2.22. The van der Waals surface area contributed by atoms with E-state index in [1.807, 2.05) is 18.2 Å². The van der Waals surface area contributed by atoms with Crippen LogP contribution in [0.4, 0.5) is 4.79 Å². The first-order valence-corrected chi connectivity index (χ1v) is 8.98. The molecule has 1 atom stereocenters. The van der Waals surface area contributed by atoms with Crippen LogP contribution in [0, 0.1) is 11.8 Å². The summed E-state index contributed by atoms with van der Waals surface area (Å²) in [6, 6.07) is 14.1. The maximum atomic E-state index is 12.3. The summed E-state index contributed by atoms with van der Waals surface area (Å²) in [6.45, 7) is 9.10. The number of rotatable bonds is 7. The molecule has 0 aliphatic carbocycles. The maximum absolute atomic E-state index is 12.3. The Hall–Kier alpha value is -2.36. The second-order valence-electron chi connectivity index (χ2n) is 7.21. The van der Waals surface area contributed by atoms with Gasteiger partial charge in [0, 0.05) is 6.20 Å². The highest BCUT2D eigenvalue weighted by atomic mass is 16.2. The van der Waals surface area contributed by atoms with Crippen LogP contribution in [0.5, 0.6) is 0 Å². The Kier molecular flexibility index (Phi) is 6.99. The van der Waals surface area contributed by atoms with Gasteiger partial charge in [0.15, 0.2) is 0 Å². The summed E-state index contributed by atoms with van der Waals surface area (Å²) in [5.41, 5.74) is 3.31. The molecule has 1 aromatic carbocycles. The average molecular weight is 339 g/mol. The lowest BCUT2D eigenvalue weighted by Crippen LogP contribution is -2.39. The lowest BCUT2D eigenvalue weighted by molar-refractivity contribution is 0.232. The van der Waals surface area contributed by atoms with Crippen molar-refractivity contribution in [2.24, 2.45) is 11.8 Å². The third kappa shape index (κ3) is 6.22. The number of nitrogens with one attached hydrogen (secondary N) is 2. The van der Waals surface area contributed by atoms with Crippen molar-refractivity contribution in [2.75, 3.05) is 0 Å². The predicted molar refractivity (Wildman–Crippen MR) is 102 cm³/mol. The van der Waals surface area contributed by atoms with Crippen molar-refractivity contribution in [3.63, 3.8) is 0 Å². The molecule has 4 heteroatoms. The molecular formula is C21H29N3O. The topological polar surface area (TPSA) is 54.0 Å². The van der Waals surface area contributed by atoms with E-state index >= 15 is 0 Å². The number of pyridine rings is 1. The van der Waals surface area contributed by atoms with E-state index in [4.69, 9.17) is 0 Å². The van der Waals surface area contributed by atoms with Gasteiger partial charge in [-0.25, -0.2) is 4.79 Å². The molecule has 2 aromatic rings. The SMILES string of the molecule is CC(C)Cc1ccc(C(NC(=O)NCc2ccccn2)C(C)C)cc1. The number of amides is 2. The third-order valence-electron chi connectivity index (χ3n) is 4.09. The Morgan fingerprint density at radius 1 is 1.04 bits per heavy atom. The quantitative estimate of drug-likeness (QED) is 0.781. The van der Waals surface area contributed by atoms with Crippen LogP contribution < -0.4 is 10.6 Å². The van der Waals surface area contributed by atoms with Crippen molar-refractivity contribution in [1.29, 1.82) is 0 Å². The Bertz CT molecular complexity index is 651. The molecular weight excluding hydrogens is 310 g/mol. The Morgan fingerprint density at radius 2 is 1.76 bits per heavy atom. The van der Waals surface area contributed by atoms with Crippen molar-refractivity contribution >= 4 is 6.03 Å². The molecule has 0 spiro atoms. The number of aromatic nitrogens is 1. The fourth-order valence-corrected chi connectivity index (χ4v) is 2.83. The molecule has 0 aliphatic heterocycles. The first-order chi connectivity index (χ1) is 12.0. The lowest BCUT2D eigenvalue weighted by atomic mass is 9.94. The molecule has 1 heterocycles. The van der Waals surface area contributed by atoms with Gasteiger partial charge in [0.1, 0.15) is 0 Å². The highest BCUT2D eigenvalue weighted by Gasteiger charge is 2.18. The van der Waals surface area contributed by atoms with E-state index < -0.39 is 0 Å². The van der Waals surface area contributed by atoms with Gasteiger partial charge in [0.2, 0.25) is 0 Å². The first-order valence-electron chi connectivity index (χ1n) is 8.98. The van der Waals surface area contributed by atoms with Gasteiger partial charge in [-0.1, -0.05) is 58.0 Å². The van der Waals surface area contributed by atoms with Crippen LogP contribution in [0.1, 0.15) is 50.6 Å². The van der Waals surface area contributed by atoms with E-state index in [2.05, 4.69) is 67.6 Å². The number of urea groups is 1. The van der Waals surface area contributed by atoms with Gasteiger partial charge in [-0.3, -0.25) is 4.98 Å². The van der Waals surface area contributed by atoms with Crippen molar-refractivity contribution in [3.8, 4) is 0 Å². The third-order valence-corrected chi connectivity index (χ3v) is 4.09. The summed E-state index contributed by atoms with van der Waals surface area (Å²) in [6.07, 6.45) is 2.80. The van der Waals surface area contributed by atoms with Gasteiger partial charge >= 0.3 is 6.03 Å². The molecule has 2 amide bonds. The molecule has 0 radical (unpaired) electrons. The zero-order chi connectivity index (χ0) is 18.2. The molecule has 0 aliphatic rings. The molecule has 2 N–H and O–H groups in total. The molecule has 0 saturated carbocycles. The van der Waals surface area contributed by atoms with Gasteiger partial charge in [0.25, 0.3) is 0 Å². The van der Waals surface area contributed by atoms with Crippen molar-refractivity contribution in [2.45, 2.75) is 46.7 Å². The van der Waals surface area contributed by atoms with E-state index in [9.17, 15) is 4.79 Å². The summed E-state index contributed by atoms with van der Waals surface area (Å²) in [4.78, 5) is 16.5. The highest BCUT2D eigenvalue weighted by molar-refractivity contribution is 5.74. The van der Waals surface area contributed by atoms with Crippen molar-refractivity contribution < 1.29 is 4.79 Å². The summed E-state index contributed by atoms with van der Waals surface area (Å²) in [5.74, 6) is 0.943. The number of carbonyl (C=O) groups excluding carboxylic acids is 1. The average Bonchev–Trinajstić information content (AvgIpc) is 2.59. The minimum absolute atomic E-state index is 0.0168. The van der Waals surface area contributed by atoms with E-state index in [1.165, 1.54) is 5.56 Å². The van der Waals surface area contributed by atoms with Crippen LogP contribution in [0.3, 0.4) is 0 Å². The van der Waals surface area contributed by atoms with E-state index in [1.54, 1.807) is 6.20 Å². The maximum Gasteiger partial charge on any atom is 0.315 e. The van der Waals surface area contributed by atoms with Crippen molar-refractivity contribution in [1.82, 2.24) is 15.6 Å². The number of carbonyl (C=O) groups is 1. The molecule has 134 valence electrons. The lowest BCUT2D eigenvalue weighted by Gasteiger charge is -2.23. The van der Waals surface area contributed by atoms with E-state index in [-0.39, 0.29) is 12.1 Å². The van der Waals surface area contributed by atoms with Gasteiger partial charge in [-0.15, -0.1) is 0 Å². The number of hydrogen-bond donors (Lipinski definition) is 2. The van der Waals surface area contributed by atoms with Gasteiger partial charge in [-0.2, -0.15) is 0 Å². The van der Waals surface area contributed by atoms with E-state index in [0.717, 1.165) is 17.7 Å². The first kappa shape index (κ1) is 19.0. The molecule has 4 nitrogen and oxygen atoms in total. The fourth-order valence-electron chi connectivity index (χ4n) is 2.83. The zero-order valence-corrected chi connectivity index (χ0v) is 15.6. The molecule has 1 unspecified atom stereocenters. The minimum Gasteiger partial charge on any atom is -0.332 e. The predicted octanol–water partition coefficient (Wildman–Crippen LogP) is 4.48. The smallest absolute Gasteiger partial charge is 0.315 e. The van der Waals surface area contributed by atoms with Crippen LogP contribution in [0.15, 0.2) is 48.7 Å². The number of nitrogens with zero attached hydrogens (tertiary/aromatic N) is 1. The summed E-state index contributed by atoms with van der Waals surface area (Å²) < 4.78 is 0. The zero-order valence-electron chi connectivity index (χ0n) is 15.6. The van der Waals surface area contributed by atoms with Gasteiger partial charge < -0.3 is 10.6 Å². The Labute approximate surface area is 151 Å². The van der Waals surface area contributed by atoms with Crippen LogP contribution >= 0.6 is 0 Å². The monoisotopic (exact) mass is 339 g/mol. The summed E-state index contributed by atoms with van der Waals surface area (Å²) in [7, 11) is 0. The minimum atomic E-state index is -0.171. The largest absolute Gasteiger partial charge is 0.332 e. The number of hydrogen-bond acceptors (Lipinski definition) is 2. The summed E-state index contributed by atoms with van der Waals surface area (Å²) in [5, 5.41) is 5.96. The molecule has 2 rings (SSSR count). The Balaban J connectivity index is 1.96. The van der Waals surface area contributed by atoms with Crippen LogP contribution in [-0.2, 0) is 13.0 Å². The summed E-state index contributed by atoms with van der Waals surface area (Å²) >= 11 is 0. The van der Waals surface area contributed by atoms with Gasteiger partial charge in [-0.05, 0) is 41.5 Å². The second kappa shape index (κ2) is 9.21. The molecule has 25 heavy (non-hydrogen) atoms. The fraction of sp³-hybridized carbons (Fsp3) is 0.429. The van der Waals surface area contributed by atoms with Gasteiger partial charge in [0.05, 0.1) is 18.3 Å². The van der Waals surface area contributed by atoms with Crippen molar-refractivity contribution in [3.05, 3.63) is 65.5 Å². The van der Waals surface area contributed by atoms with Crippen LogP contribution in [-0.4, -0.2) is 11.0 Å². The normalized spacial score (nSPS) is 12.2. The standard InChI is InChI=1S/C21H29N3O/c1-15(2)13-17-8-10-18(11-9-17)20(16(3)4)24-21(25)23-14-19-7-5-6-12-22-19/h5-12,15-16,20H,13-14H2,1-4H3,(H2,23,24,25). The molecule has 0 fully saturated rings. The van der Waals surface area contributed by atoms with E-state index in [0.29, 0.717) is 18.4 Å². The molecule has 0 bridgehead atoms. The number of benzene rings is 1. The Morgan fingerprint density at radius 3 is 2.32 bits per heavy atom. The van der Waals surface area contributed by atoms with Crippen LogP contribution in [0.25, 0.3) is 0 Å². The second-order valence-corrected chi connectivity index (χ2v) is 7.21. The molecule has 0 saturated heterocycles.